The summed E-state index contributed by atoms with van der Waals surface area (Å²) < 4.78 is 16.4. The molecule has 5 heteroatoms. The lowest BCUT2D eigenvalue weighted by atomic mass is 10.1. The molecule has 0 saturated carbocycles. The van der Waals surface area contributed by atoms with E-state index in [1.807, 2.05) is 12.1 Å². The van der Waals surface area contributed by atoms with Gasteiger partial charge in [0, 0.05) is 6.61 Å². The molecule has 0 atom stereocenters. The van der Waals surface area contributed by atoms with Crippen molar-refractivity contribution >= 4 is 11.6 Å². The molecule has 0 unspecified atom stereocenters. The summed E-state index contributed by atoms with van der Waals surface area (Å²) >= 11 is 6.22. The highest BCUT2D eigenvalue weighted by Crippen LogP contribution is 2.36. The zero-order valence-corrected chi connectivity index (χ0v) is 13.0. The van der Waals surface area contributed by atoms with Gasteiger partial charge in [0.25, 0.3) is 0 Å². The van der Waals surface area contributed by atoms with Crippen molar-refractivity contribution < 1.29 is 14.2 Å². The summed E-state index contributed by atoms with van der Waals surface area (Å²) in [4.78, 5) is 0. The molecule has 0 fully saturated rings. The highest BCUT2D eigenvalue weighted by atomic mass is 35.5. The van der Waals surface area contributed by atoms with Gasteiger partial charge in [-0.2, -0.15) is 0 Å². The Morgan fingerprint density at radius 3 is 2.65 bits per heavy atom. The largest absolute Gasteiger partial charge is 0.493 e. The Kier molecular flexibility index (Phi) is 8.42. The lowest BCUT2D eigenvalue weighted by Crippen LogP contribution is -2.09. The van der Waals surface area contributed by atoms with Crippen molar-refractivity contribution in [1.82, 2.24) is 0 Å². The first-order valence-electron chi connectivity index (χ1n) is 7.00. The SMILES string of the molecule is CCCCOCCOc1c(Cl)cc(CCN)cc1OC. The first-order valence-corrected chi connectivity index (χ1v) is 7.37. The first-order chi connectivity index (χ1) is 9.72. The van der Waals surface area contributed by atoms with Crippen LogP contribution in [-0.2, 0) is 11.2 Å². The van der Waals surface area contributed by atoms with Crippen LogP contribution in [0.25, 0.3) is 0 Å². The van der Waals surface area contributed by atoms with Gasteiger partial charge in [0.15, 0.2) is 11.5 Å². The summed E-state index contributed by atoms with van der Waals surface area (Å²) in [6, 6.07) is 3.77. The molecule has 0 saturated heterocycles. The van der Waals surface area contributed by atoms with Gasteiger partial charge in [0.1, 0.15) is 6.61 Å². The molecule has 0 aliphatic carbocycles. The predicted molar refractivity (Wildman–Crippen MR) is 82.0 cm³/mol. The third-order valence-corrected chi connectivity index (χ3v) is 3.12. The number of benzene rings is 1. The maximum atomic E-state index is 6.22. The first kappa shape index (κ1) is 17.1. The number of unbranched alkanes of at least 4 members (excludes halogenated alkanes) is 1. The number of methoxy groups -OCH3 is 1. The molecule has 0 aromatic heterocycles. The van der Waals surface area contributed by atoms with E-state index >= 15 is 0 Å². The number of halogens is 1. The second kappa shape index (κ2) is 9.86. The van der Waals surface area contributed by atoms with E-state index in [4.69, 9.17) is 31.5 Å². The normalized spacial score (nSPS) is 10.6. The van der Waals surface area contributed by atoms with Crippen LogP contribution in [0, 0.1) is 0 Å². The van der Waals surface area contributed by atoms with Crippen LogP contribution in [0.1, 0.15) is 25.3 Å². The van der Waals surface area contributed by atoms with Crippen LogP contribution in [-0.4, -0.2) is 33.5 Å². The predicted octanol–water partition coefficient (Wildman–Crippen LogP) is 3.05. The lowest BCUT2D eigenvalue weighted by molar-refractivity contribution is 0.0970. The second-order valence-corrected chi connectivity index (χ2v) is 4.87. The van der Waals surface area contributed by atoms with E-state index < -0.39 is 0 Å². The van der Waals surface area contributed by atoms with E-state index in [1.165, 1.54) is 0 Å². The third-order valence-electron chi connectivity index (χ3n) is 2.84. The van der Waals surface area contributed by atoms with Crippen LogP contribution in [0.4, 0.5) is 0 Å². The minimum Gasteiger partial charge on any atom is -0.493 e. The van der Waals surface area contributed by atoms with Gasteiger partial charge >= 0.3 is 0 Å². The Labute approximate surface area is 126 Å². The summed E-state index contributed by atoms with van der Waals surface area (Å²) in [5, 5.41) is 0.543. The number of rotatable bonds is 10. The molecule has 0 bridgehead atoms. The molecular formula is C15H24ClNO3. The molecule has 2 N–H and O–H groups in total. The van der Waals surface area contributed by atoms with Gasteiger partial charge < -0.3 is 19.9 Å². The fourth-order valence-corrected chi connectivity index (χ4v) is 2.06. The highest BCUT2D eigenvalue weighted by molar-refractivity contribution is 6.32. The van der Waals surface area contributed by atoms with Gasteiger partial charge in [-0.05, 0) is 37.1 Å². The minimum atomic E-state index is 0.454. The molecule has 0 aliphatic heterocycles. The van der Waals surface area contributed by atoms with Crippen LogP contribution in [0.5, 0.6) is 11.5 Å². The molecule has 114 valence electrons. The van der Waals surface area contributed by atoms with E-state index in [2.05, 4.69) is 6.92 Å². The molecular weight excluding hydrogens is 278 g/mol. The van der Waals surface area contributed by atoms with Gasteiger partial charge in [-0.3, -0.25) is 0 Å². The van der Waals surface area contributed by atoms with Gasteiger partial charge in [-0.15, -0.1) is 0 Å². The van der Waals surface area contributed by atoms with Crippen LogP contribution in [0.15, 0.2) is 12.1 Å². The molecule has 0 aliphatic rings. The quantitative estimate of drug-likeness (QED) is 0.675. The Morgan fingerprint density at radius 1 is 1.20 bits per heavy atom. The van der Waals surface area contributed by atoms with Gasteiger partial charge in [0.05, 0.1) is 18.7 Å². The molecule has 0 spiro atoms. The molecule has 1 rings (SSSR count). The summed E-state index contributed by atoms with van der Waals surface area (Å²) in [7, 11) is 1.60. The zero-order chi connectivity index (χ0) is 14.8. The maximum Gasteiger partial charge on any atom is 0.179 e. The van der Waals surface area contributed by atoms with Crippen LogP contribution in [0.3, 0.4) is 0 Å². The van der Waals surface area contributed by atoms with E-state index in [9.17, 15) is 0 Å². The zero-order valence-electron chi connectivity index (χ0n) is 12.3. The minimum absolute atomic E-state index is 0.454. The fourth-order valence-electron chi connectivity index (χ4n) is 1.78. The Morgan fingerprint density at radius 2 is 2.00 bits per heavy atom. The standard InChI is InChI=1S/C15H24ClNO3/c1-3-4-7-19-8-9-20-15-13(16)10-12(5-6-17)11-14(15)18-2/h10-11H,3-9,17H2,1-2H3. The van der Waals surface area contributed by atoms with Crippen molar-refractivity contribution in [3.63, 3.8) is 0 Å². The molecule has 1 aromatic rings. The van der Waals surface area contributed by atoms with Crippen LogP contribution < -0.4 is 15.2 Å². The average Bonchev–Trinajstić information content (AvgIpc) is 2.44. The summed E-state index contributed by atoms with van der Waals surface area (Å²) in [5.74, 6) is 1.20. The van der Waals surface area contributed by atoms with E-state index in [1.54, 1.807) is 7.11 Å². The van der Waals surface area contributed by atoms with E-state index in [0.29, 0.717) is 36.3 Å². The molecule has 4 nitrogen and oxygen atoms in total. The topological polar surface area (TPSA) is 53.7 Å². The van der Waals surface area contributed by atoms with Gasteiger partial charge in [-0.25, -0.2) is 0 Å². The van der Waals surface area contributed by atoms with Gasteiger partial charge in [0.2, 0.25) is 0 Å². The summed E-state index contributed by atoms with van der Waals surface area (Å²) in [5.41, 5.74) is 6.59. The van der Waals surface area contributed by atoms with Gasteiger partial charge in [-0.1, -0.05) is 24.9 Å². The van der Waals surface area contributed by atoms with E-state index in [0.717, 1.165) is 31.4 Å². The van der Waals surface area contributed by atoms with Crippen molar-refractivity contribution in [3.8, 4) is 11.5 Å². The molecule has 1 aromatic carbocycles. The average molecular weight is 302 g/mol. The van der Waals surface area contributed by atoms with Crippen LogP contribution >= 0.6 is 11.6 Å². The summed E-state index contributed by atoms with van der Waals surface area (Å²) in [6.07, 6.45) is 2.96. The second-order valence-electron chi connectivity index (χ2n) is 4.46. The monoisotopic (exact) mass is 301 g/mol. The molecule has 0 heterocycles. The number of nitrogens with two attached hydrogens (primary N) is 1. The molecule has 0 radical (unpaired) electrons. The third kappa shape index (κ3) is 5.57. The van der Waals surface area contributed by atoms with Crippen LogP contribution in [0.2, 0.25) is 5.02 Å². The van der Waals surface area contributed by atoms with Crippen molar-refractivity contribution in [1.29, 1.82) is 0 Å². The number of ether oxygens (including phenoxy) is 3. The van der Waals surface area contributed by atoms with E-state index in [-0.39, 0.29) is 0 Å². The smallest absolute Gasteiger partial charge is 0.179 e. The number of hydrogen-bond donors (Lipinski definition) is 1. The van der Waals surface area contributed by atoms with Crippen molar-refractivity contribution in [2.45, 2.75) is 26.2 Å². The number of hydrogen-bond acceptors (Lipinski definition) is 4. The van der Waals surface area contributed by atoms with Crippen molar-refractivity contribution in [2.24, 2.45) is 5.73 Å². The Hall–Kier alpha value is -0.970. The lowest BCUT2D eigenvalue weighted by Gasteiger charge is -2.14. The fraction of sp³-hybridized carbons (Fsp3) is 0.600. The Bertz CT molecular complexity index is 399. The van der Waals surface area contributed by atoms with Crippen molar-refractivity contribution in [2.75, 3.05) is 33.5 Å². The molecule has 20 heavy (non-hydrogen) atoms. The Balaban J connectivity index is 2.55. The molecule has 0 amide bonds. The van der Waals surface area contributed by atoms with Crippen molar-refractivity contribution in [3.05, 3.63) is 22.7 Å². The maximum absolute atomic E-state index is 6.22. The summed E-state index contributed by atoms with van der Waals surface area (Å²) in [6.45, 7) is 4.47. The highest BCUT2D eigenvalue weighted by Gasteiger charge is 2.11.